The zero-order valence-electron chi connectivity index (χ0n) is 11.1. The quantitative estimate of drug-likeness (QED) is 0.445. The van der Waals surface area contributed by atoms with Crippen molar-refractivity contribution in [2.75, 3.05) is 24.6 Å². The molecule has 0 bridgehead atoms. The molecule has 0 saturated heterocycles. The number of ether oxygens (including phenoxy) is 1. The molecule has 0 aliphatic carbocycles. The average molecular weight is 280 g/mol. The lowest BCUT2D eigenvalue weighted by atomic mass is 10.2. The molecule has 1 aromatic rings. The minimum atomic E-state index is -1.03. The van der Waals surface area contributed by atoms with Gasteiger partial charge < -0.3 is 14.7 Å². The molecule has 1 N–H and O–H groups in total. The van der Waals surface area contributed by atoms with Gasteiger partial charge in [-0.1, -0.05) is 6.08 Å². The Morgan fingerprint density at radius 2 is 2.25 bits per heavy atom. The third-order valence-electron chi connectivity index (χ3n) is 2.44. The van der Waals surface area contributed by atoms with E-state index in [-0.39, 0.29) is 18.8 Å². The van der Waals surface area contributed by atoms with Crippen LogP contribution in [0.4, 0.5) is 11.4 Å². The van der Waals surface area contributed by atoms with Crippen LogP contribution in [0.2, 0.25) is 0 Å². The van der Waals surface area contributed by atoms with Crippen LogP contribution in [0.25, 0.3) is 0 Å². The molecule has 0 aliphatic rings. The SMILES string of the molecule is C=CCN(CC(=O)O)c1cc(OCC)cc([N+](=O)[O-])c1. The predicted molar refractivity (Wildman–Crippen MR) is 74.3 cm³/mol. The molecule has 0 fully saturated rings. The van der Waals surface area contributed by atoms with E-state index in [2.05, 4.69) is 6.58 Å². The van der Waals surface area contributed by atoms with Crippen molar-refractivity contribution in [1.29, 1.82) is 0 Å². The van der Waals surface area contributed by atoms with E-state index in [0.717, 1.165) is 0 Å². The molecule has 20 heavy (non-hydrogen) atoms. The number of nitro groups is 1. The van der Waals surface area contributed by atoms with Crippen molar-refractivity contribution in [2.45, 2.75) is 6.92 Å². The maximum absolute atomic E-state index is 10.9. The van der Waals surface area contributed by atoms with Gasteiger partial charge in [0.1, 0.15) is 12.3 Å². The Labute approximate surface area is 116 Å². The molecule has 0 unspecified atom stereocenters. The second-order valence-corrected chi connectivity index (χ2v) is 3.94. The number of nitro benzene ring substituents is 1. The number of nitrogens with zero attached hydrogens (tertiary/aromatic N) is 2. The van der Waals surface area contributed by atoms with Gasteiger partial charge in [-0.15, -0.1) is 6.58 Å². The Bertz CT molecular complexity index is 515. The number of carbonyl (C=O) groups is 1. The topological polar surface area (TPSA) is 92.9 Å². The van der Waals surface area contributed by atoms with Crippen LogP contribution in [0.1, 0.15) is 6.92 Å². The molecule has 0 amide bonds. The molecule has 0 radical (unpaired) electrons. The predicted octanol–water partition coefficient (Wildman–Crippen LogP) is 2.07. The number of rotatable bonds is 8. The molecule has 7 nitrogen and oxygen atoms in total. The third-order valence-corrected chi connectivity index (χ3v) is 2.44. The van der Waals surface area contributed by atoms with Gasteiger partial charge in [-0.2, -0.15) is 0 Å². The molecule has 0 spiro atoms. The first-order valence-electron chi connectivity index (χ1n) is 5.97. The van der Waals surface area contributed by atoms with Gasteiger partial charge in [0.2, 0.25) is 0 Å². The second kappa shape index (κ2) is 7.13. The standard InChI is InChI=1S/C13H16N2O5/c1-3-5-14(9-13(16)17)10-6-11(15(18)19)8-12(7-10)20-4-2/h3,6-8H,1,4-5,9H2,2H3,(H,16,17). The summed E-state index contributed by atoms with van der Waals surface area (Å²) in [7, 11) is 0. The Morgan fingerprint density at radius 3 is 2.75 bits per heavy atom. The maximum atomic E-state index is 10.9. The van der Waals surface area contributed by atoms with Gasteiger partial charge in [-0.05, 0) is 6.92 Å². The van der Waals surface area contributed by atoms with Crippen LogP contribution in [0.3, 0.4) is 0 Å². The zero-order chi connectivity index (χ0) is 15.1. The van der Waals surface area contributed by atoms with Crippen molar-refractivity contribution in [3.05, 3.63) is 41.0 Å². The van der Waals surface area contributed by atoms with Gasteiger partial charge in [-0.3, -0.25) is 14.9 Å². The molecule has 0 aromatic heterocycles. The minimum absolute atomic E-state index is 0.148. The molecule has 1 rings (SSSR count). The fourth-order valence-electron chi connectivity index (χ4n) is 1.69. The molecule has 0 aliphatic heterocycles. The summed E-state index contributed by atoms with van der Waals surface area (Å²) in [6.45, 7) is 5.66. The molecule has 1 aromatic carbocycles. The van der Waals surface area contributed by atoms with Gasteiger partial charge in [-0.25, -0.2) is 0 Å². The van der Waals surface area contributed by atoms with Crippen LogP contribution >= 0.6 is 0 Å². The number of carboxylic acid groups (broad SMARTS) is 1. The first-order chi connectivity index (χ1) is 9.47. The largest absolute Gasteiger partial charge is 0.494 e. The smallest absolute Gasteiger partial charge is 0.323 e. The summed E-state index contributed by atoms with van der Waals surface area (Å²) < 4.78 is 5.27. The van der Waals surface area contributed by atoms with Crippen LogP contribution in [-0.4, -0.2) is 35.7 Å². The van der Waals surface area contributed by atoms with Crippen molar-refractivity contribution >= 4 is 17.3 Å². The first kappa shape index (κ1) is 15.5. The number of non-ortho nitro benzene ring substituents is 1. The van der Waals surface area contributed by atoms with Gasteiger partial charge in [0.15, 0.2) is 0 Å². The lowest BCUT2D eigenvalue weighted by Gasteiger charge is -2.21. The second-order valence-electron chi connectivity index (χ2n) is 3.94. The summed E-state index contributed by atoms with van der Waals surface area (Å²) in [5, 5.41) is 19.8. The van der Waals surface area contributed by atoms with E-state index in [0.29, 0.717) is 18.0 Å². The number of benzene rings is 1. The monoisotopic (exact) mass is 280 g/mol. The van der Waals surface area contributed by atoms with Gasteiger partial charge in [0, 0.05) is 24.4 Å². The number of aliphatic carboxylic acids is 1. The van der Waals surface area contributed by atoms with Gasteiger partial charge >= 0.3 is 5.97 Å². The third kappa shape index (κ3) is 4.27. The Balaban J connectivity index is 3.20. The zero-order valence-corrected chi connectivity index (χ0v) is 11.1. The highest BCUT2D eigenvalue weighted by atomic mass is 16.6. The normalized spacial score (nSPS) is 9.85. The number of anilines is 1. The van der Waals surface area contributed by atoms with Crippen LogP contribution < -0.4 is 9.64 Å². The van der Waals surface area contributed by atoms with E-state index in [4.69, 9.17) is 9.84 Å². The van der Waals surface area contributed by atoms with E-state index in [1.807, 2.05) is 0 Å². The number of carboxylic acids is 1. The molecule has 0 atom stereocenters. The molecule has 7 heteroatoms. The minimum Gasteiger partial charge on any atom is -0.494 e. The van der Waals surface area contributed by atoms with Crippen molar-refractivity contribution in [3.63, 3.8) is 0 Å². The van der Waals surface area contributed by atoms with E-state index >= 15 is 0 Å². The van der Waals surface area contributed by atoms with Crippen molar-refractivity contribution in [2.24, 2.45) is 0 Å². The van der Waals surface area contributed by atoms with Crippen LogP contribution in [0, 0.1) is 10.1 Å². The number of hydrogen-bond donors (Lipinski definition) is 1. The van der Waals surface area contributed by atoms with Crippen LogP contribution in [0.15, 0.2) is 30.9 Å². The average Bonchev–Trinajstić information content (AvgIpc) is 2.37. The van der Waals surface area contributed by atoms with E-state index in [1.54, 1.807) is 13.0 Å². The summed E-state index contributed by atoms with van der Waals surface area (Å²) in [6.07, 6.45) is 1.53. The van der Waals surface area contributed by atoms with Crippen LogP contribution in [0.5, 0.6) is 5.75 Å². The maximum Gasteiger partial charge on any atom is 0.323 e. The highest BCUT2D eigenvalue weighted by molar-refractivity contribution is 5.74. The van der Waals surface area contributed by atoms with Gasteiger partial charge in [0.05, 0.1) is 17.6 Å². The molecular weight excluding hydrogens is 264 g/mol. The van der Waals surface area contributed by atoms with E-state index in [1.165, 1.54) is 23.1 Å². The highest BCUT2D eigenvalue weighted by Crippen LogP contribution is 2.28. The lowest BCUT2D eigenvalue weighted by molar-refractivity contribution is -0.384. The molecule has 0 heterocycles. The Hall–Kier alpha value is -2.57. The fourth-order valence-corrected chi connectivity index (χ4v) is 1.69. The molecule has 0 saturated carbocycles. The van der Waals surface area contributed by atoms with E-state index in [9.17, 15) is 14.9 Å². The molecular formula is C13H16N2O5. The fraction of sp³-hybridized carbons (Fsp3) is 0.308. The van der Waals surface area contributed by atoms with Crippen LogP contribution in [-0.2, 0) is 4.79 Å². The van der Waals surface area contributed by atoms with Crippen molar-refractivity contribution < 1.29 is 19.6 Å². The van der Waals surface area contributed by atoms with E-state index < -0.39 is 10.9 Å². The Morgan fingerprint density at radius 1 is 1.55 bits per heavy atom. The first-order valence-corrected chi connectivity index (χ1v) is 5.97. The molecule has 108 valence electrons. The summed E-state index contributed by atoms with van der Waals surface area (Å²) in [5.41, 5.74) is 0.260. The number of hydrogen-bond acceptors (Lipinski definition) is 5. The Kier molecular flexibility index (Phi) is 5.52. The van der Waals surface area contributed by atoms with Crippen molar-refractivity contribution in [3.8, 4) is 5.75 Å². The highest BCUT2D eigenvalue weighted by Gasteiger charge is 2.16. The summed E-state index contributed by atoms with van der Waals surface area (Å²) in [5.74, 6) is -0.701. The van der Waals surface area contributed by atoms with Crippen molar-refractivity contribution in [1.82, 2.24) is 0 Å². The summed E-state index contributed by atoms with van der Waals surface area (Å²) in [4.78, 5) is 22.7. The summed E-state index contributed by atoms with van der Waals surface area (Å²) in [6, 6.07) is 4.19. The van der Waals surface area contributed by atoms with Gasteiger partial charge in [0.25, 0.3) is 5.69 Å². The lowest BCUT2D eigenvalue weighted by Crippen LogP contribution is -2.29. The summed E-state index contributed by atoms with van der Waals surface area (Å²) >= 11 is 0.